The van der Waals surface area contributed by atoms with Crippen molar-refractivity contribution in [3.05, 3.63) is 0 Å². The summed E-state index contributed by atoms with van der Waals surface area (Å²) in [4.78, 5) is 13.1. The van der Waals surface area contributed by atoms with Gasteiger partial charge in [-0.1, -0.05) is 13.8 Å². The molecule has 0 spiro atoms. The molecule has 1 aliphatic rings. The van der Waals surface area contributed by atoms with Gasteiger partial charge in [0.05, 0.1) is 25.9 Å². The van der Waals surface area contributed by atoms with E-state index in [1.807, 2.05) is 13.8 Å². The number of aliphatic hydroxyl groups excluding tert-OH is 1. The van der Waals surface area contributed by atoms with Crippen molar-refractivity contribution in [3.8, 4) is 0 Å². The highest BCUT2D eigenvalue weighted by molar-refractivity contribution is 5.69. The smallest absolute Gasteiger partial charge is 0.412 e. The van der Waals surface area contributed by atoms with Crippen LogP contribution in [0.3, 0.4) is 0 Å². The maximum Gasteiger partial charge on any atom is 0.412 e. The van der Waals surface area contributed by atoms with E-state index in [1.54, 1.807) is 6.92 Å². The van der Waals surface area contributed by atoms with Gasteiger partial charge in [-0.15, -0.1) is 0 Å². The van der Waals surface area contributed by atoms with E-state index in [0.717, 1.165) is 0 Å². The summed E-state index contributed by atoms with van der Waals surface area (Å²) in [5.74, 6) is 0.164. The van der Waals surface area contributed by atoms with E-state index in [-0.39, 0.29) is 18.8 Å². The molecule has 1 fully saturated rings. The lowest BCUT2D eigenvalue weighted by molar-refractivity contribution is -0.0122. The molecule has 0 aromatic heterocycles. The molecule has 0 bridgehead atoms. The summed E-state index contributed by atoms with van der Waals surface area (Å²) in [6, 6.07) is 0. The van der Waals surface area contributed by atoms with Gasteiger partial charge in [0.1, 0.15) is 6.23 Å². The molecule has 1 saturated heterocycles. The Hall–Kier alpha value is -0.810. The Morgan fingerprint density at radius 2 is 2.33 bits per heavy atom. The van der Waals surface area contributed by atoms with Crippen LogP contribution >= 0.6 is 0 Å². The minimum absolute atomic E-state index is 0.134. The Bertz CT molecular complexity index is 244. The summed E-state index contributed by atoms with van der Waals surface area (Å²) in [5, 5.41) is 9.31. The molecule has 0 saturated carbocycles. The first-order valence-corrected chi connectivity index (χ1v) is 5.06. The third kappa shape index (κ3) is 2.08. The molecule has 5 nitrogen and oxygen atoms in total. The summed E-state index contributed by atoms with van der Waals surface area (Å²) in [6.45, 7) is 5.91. The van der Waals surface area contributed by atoms with Crippen LogP contribution in [0, 0.1) is 5.92 Å². The molecule has 1 N–H and O–H groups in total. The number of aliphatic hydroxyl groups is 1. The number of ether oxygens (including phenoxy) is 2. The van der Waals surface area contributed by atoms with Crippen molar-refractivity contribution in [1.82, 2.24) is 4.90 Å². The number of carbonyl (C=O) groups excluding carboxylic acids is 1. The fraction of sp³-hybridized carbons (Fsp3) is 0.900. The average Bonchev–Trinajstić information content (AvgIpc) is 2.56. The molecule has 2 atom stereocenters. The lowest BCUT2D eigenvalue weighted by Gasteiger charge is -2.34. The maximum absolute atomic E-state index is 11.6. The number of hydrogen-bond donors (Lipinski definition) is 1. The van der Waals surface area contributed by atoms with Crippen molar-refractivity contribution in [2.45, 2.75) is 32.5 Å². The van der Waals surface area contributed by atoms with Crippen LogP contribution in [0.25, 0.3) is 0 Å². The van der Waals surface area contributed by atoms with Gasteiger partial charge in [0.15, 0.2) is 0 Å². The maximum atomic E-state index is 11.6. The van der Waals surface area contributed by atoms with Crippen LogP contribution in [-0.4, -0.2) is 48.2 Å². The Balaban J connectivity index is 2.92. The second-order valence-electron chi connectivity index (χ2n) is 4.44. The van der Waals surface area contributed by atoms with Gasteiger partial charge in [-0.3, -0.25) is 4.90 Å². The van der Waals surface area contributed by atoms with Crippen molar-refractivity contribution in [1.29, 1.82) is 0 Å². The molecule has 15 heavy (non-hydrogen) atoms. The average molecular weight is 217 g/mol. The monoisotopic (exact) mass is 217 g/mol. The van der Waals surface area contributed by atoms with Crippen molar-refractivity contribution in [2.75, 3.05) is 20.3 Å². The topological polar surface area (TPSA) is 59.0 Å². The van der Waals surface area contributed by atoms with Gasteiger partial charge in [-0.05, 0) is 12.8 Å². The van der Waals surface area contributed by atoms with Crippen molar-refractivity contribution in [2.24, 2.45) is 5.92 Å². The van der Waals surface area contributed by atoms with E-state index in [0.29, 0.717) is 6.61 Å². The predicted octanol–water partition coefficient (Wildman–Crippen LogP) is 0.818. The predicted molar refractivity (Wildman–Crippen MR) is 54.3 cm³/mol. The number of rotatable bonds is 2. The van der Waals surface area contributed by atoms with Crippen LogP contribution in [-0.2, 0) is 9.47 Å². The van der Waals surface area contributed by atoms with Crippen LogP contribution in [0.4, 0.5) is 4.79 Å². The molecular formula is C10H19NO4. The summed E-state index contributed by atoms with van der Waals surface area (Å²) in [7, 11) is 1.33. The Morgan fingerprint density at radius 3 is 2.73 bits per heavy atom. The van der Waals surface area contributed by atoms with Crippen LogP contribution in [0.2, 0.25) is 0 Å². The van der Waals surface area contributed by atoms with Gasteiger partial charge in [0, 0.05) is 0 Å². The van der Waals surface area contributed by atoms with E-state index in [2.05, 4.69) is 0 Å². The van der Waals surface area contributed by atoms with Crippen LogP contribution in [0.15, 0.2) is 0 Å². The van der Waals surface area contributed by atoms with Crippen LogP contribution in [0.5, 0.6) is 0 Å². The molecule has 88 valence electrons. The first kappa shape index (κ1) is 12.3. The zero-order valence-corrected chi connectivity index (χ0v) is 9.69. The van der Waals surface area contributed by atoms with E-state index < -0.39 is 11.6 Å². The Kier molecular flexibility index (Phi) is 3.57. The van der Waals surface area contributed by atoms with Crippen molar-refractivity contribution in [3.63, 3.8) is 0 Å². The zero-order chi connectivity index (χ0) is 11.6. The number of methoxy groups -OCH3 is 1. The van der Waals surface area contributed by atoms with Gasteiger partial charge in [0.2, 0.25) is 0 Å². The second-order valence-corrected chi connectivity index (χ2v) is 4.44. The molecule has 1 aliphatic heterocycles. The molecule has 1 rings (SSSR count). The highest BCUT2D eigenvalue weighted by Gasteiger charge is 2.48. The zero-order valence-electron chi connectivity index (χ0n) is 9.69. The standard InChI is InChI=1S/C10H19NO4/c1-7(2)8-11(9(13)14-4)10(3,5-12)6-15-8/h7-8,12H,5-6H2,1-4H3/t8-,10+/m1/s1. The third-order valence-electron chi connectivity index (χ3n) is 2.68. The quantitative estimate of drug-likeness (QED) is 0.744. The molecule has 1 amide bonds. The SMILES string of the molecule is COC(=O)N1[C@@H](C(C)C)OC[C@]1(C)CO. The largest absolute Gasteiger partial charge is 0.453 e. The summed E-state index contributed by atoms with van der Waals surface area (Å²) < 4.78 is 10.2. The van der Waals surface area contributed by atoms with E-state index in [9.17, 15) is 9.90 Å². The minimum Gasteiger partial charge on any atom is -0.453 e. The first-order valence-electron chi connectivity index (χ1n) is 5.06. The molecule has 0 radical (unpaired) electrons. The summed E-state index contributed by atoms with van der Waals surface area (Å²) >= 11 is 0. The highest BCUT2D eigenvalue weighted by atomic mass is 16.6. The molecule has 0 aromatic carbocycles. The van der Waals surface area contributed by atoms with E-state index in [1.165, 1.54) is 12.0 Å². The van der Waals surface area contributed by atoms with Crippen molar-refractivity contribution < 1.29 is 19.4 Å². The van der Waals surface area contributed by atoms with Gasteiger partial charge in [-0.25, -0.2) is 4.79 Å². The second kappa shape index (κ2) is 4.37. The Morgan fingerprint density at radius 1 is 1.73 bits per heavy atom. The highest BCUT2D eigenvalue weighted by Crippen LogP contribution is 2.31. The third-order valence-corrected chi connectivity index (χ3v) is 2.68. The molecule has 0 unspecified atom stereocenters. The van der Waals surface area contributed by atoms with E-state index in [4.69, 9.17) is 9.47 Å². The normalized spacial score (nSPS) is 31.1. The van der Waals surface area contributed by atoms with E-state index >= 15 is 0 Å². The van der Waals surface area contributed by atoms with Crippen LogP contribution < -0.4 is 0 Å². The van der Waals surface area contributed by atoms with Gasteiger partial charge in [0.25, 0.3) is 0 Å². The molecule has 0 aliphatic carbocycles. The molecular weight excluding hydrogens is 198 g/mol. The minimum atomic E-state index is -0.679. The van der Waals surface area contributed by atoms with Crippen LogP contribution in [0.1, 0.15) is 20.8 Å². The van der Waals surface area contributed by atoms with Crippen molar-refractivity contribution >= 4 is 6.09 Å². The fourth-order valence-electron chi connectivity index (χ4n) is 1.75. The molecule has 5 heteroatoms. The lowest BCUT2D eigenvalue weighted by Crippen LogP contribution is -2.53. The van der Waals surface area contributed by atoms with Gasteiger partial charge < -0.3 is 14.6 Å². The number of carbonyl (C=O) groups is 1. The molecule has 1 heterocycles. The summed E-state index contributed by atoms with van der Waals surface area (Å²) in [5.41, 5.74) is -0.679. The lowest BCUT2D eigenvalue weighted by atomic mass is 10.0. The molecule has 0 aromatic rings. The number of amides is 1. The number of hydrogen-bond acceptors (Lipinski definition) is 4. The van der Waals surface area contributed by atoms with Gasteiger partial charge in [-0.2, -0.15) is 0 Å². The summed E-state index contributed by atoms with van der Waals surface area (Å²) in [6.07, 6.45) is -0.780. The number of nitrogens with zero attached hydrogens (tertiary/aromatic N) is 1. The fourth-order valence-corrected chi connectivity index (χ4v) is 1.75. The first-order chi connectivity index (χ1) is 6.96. The Labute approximate surface area is 90.0 Å². The van der Waals surface area contributed by atoms with Gasteiger partial charge >= 0.3 is 6.09 Å².